The number of pyridine rings is 1. The molecule has 1 aliphatic rings. The van der Waals surface area contributed by atoms with Gasteiger partial charge in [0, 0.05) is 24.4 Å². The van der Waals surface area contributed by atoms with Crippen molar-refractivity contribution >= 4 is 0 Å². The largest absolute Gasteiger partial charge is 0.299 e. The van der Waals surface area contributed by atoms with Crippen molar-refractivity contribution in [2.24, 2.45) is 5.92 Å². The van der Waals surface area contributed by atoms with E-state index in [1.165, 1.54) is 0 Å². The van der Waals surface area contributed by atoms with Gasteiger partial charge in [0.2, 0.25) is 0 Å². The molecule has 2 nitrogen and oxygen atoms in total. The fourth-order valence-electron chi connectivity index (χ4n) is 2.27. The predicted octanol–water partition coefficient (Wildman–Crippen LogP) is 2.04. The van der Waals surface area contributed by atoms with Gasteiger partial charge in [-0.2, -0.15) is 0 Å². The van der Waals surface area contributed by atoms with Crippen molar-refractivity contribution in [1.82, 2.24) is 9.88 Å². The Morgan fingerprint density at radius 1 is 1.64 bits per heavy atom. The van der Waals surface area contributed by atoms with Crippen LogP contribution in [0.5, 0.6) is 0 Å². The highest BCUT2D eigenvalue weighted by Gasteiger charge is 2.32. The minimum Gasteiger partial charge on any atom is -0.299 e. The summed E-state index contributed by atoms with van der Waals surface area (Å²) in [5.74, 6) is 0.143. The number of alkyl halides is 1. The molecule has 1 aromatic heterocycles. The number of aromatic nitrogens is 1. The van der Waals surface area contributed by atoms with E-state index in [-0.39, 0.29) is 18.6 Å². The summed E-state index contributed by atoms with van der Waals surface area (Å²) in [6.07, 6.45) is 4.55. The van der Waals surface area contributed by atoms with Crippen LogP contribution in [0.3, 0.4) is 0 Å². The quantitative estimate of drug-likeness (QED) is 0.716. The lowest BCUT2D eigenvalue weighted by Gasteiger charge is -2.23. The molecule has 2 atom stereocenters. The van der Waals surface area contributed by atoms with Crippen molar-refractivity contribution in [1.29, 1.82) is 0 Å². The predicted molar refractivity (Wildman–Crippen MR) is 53.7 cm³/mol. The first-order chi connectivity index (χ1) is 6.83. The smallest absolute Gasteiger partial charge is 0.0941 e. The SMILES string of the molecule is CN1CC[C@@H](CF)[C@@H]1c1cccnc1. The highest BCUT2D eigenvalue weighted by molar-refractivity contribution is 5.16. The van der Waals surface area contributed by atoms with Gasteiger partial charge in [0.15, 0.2) is 0 Å². The number of hydrogen-bond donors (Lipinski definition) is 0. The average Bonchev–Trinajstić information content (AvgIpc) is 2.61. The molecule has 1 aliphatic heterocycles. The average molecular weight is 194 g/mol. The van der Waals surface area contributed by atoms with Crippen LogP contribution >= 0.6 is 0 Å². The maximum atomic E-state index is 12.8. The van der Waals surface area contributed by atoms with Crippen LogP contribution in [0.25, 0.3) is 0 Å². The molecule has 0 radical (unpaired) electrons. The number of rotatable bonds is 2. The Labute approximate surface area is 83.8 Å². The molecule has 1 saturated heterocycles. The second-order valence-corrected chi connectivity index (χ2v) is 3.91. The maximum absolute atomic E-state index is 12.8. The summed E-state index contributed by atoms with van der Waals surface area (Å²) in [4.78, 5) is 6.29. The van der Waals surface area contributed by atoms with Gasteiger partial charge >= 0.3 is 0 Å². The minimum atomic E-state index is -0.232. The lowest BCUT2D eigenvalue weighted by molar-refractivity contribution is 0.245. The van der Waals surface area contributed by atoms with E-state index >= 15 is 0 Å². The molecule has 0 spiro atoms. The van der Waals surface area contributed by atoms with Crippen LogP contribution in [0, 0.1) is 5.92 Å². The van der Waals surface area contributed by atoms with Crippen molar-refractivity contribution in [2.75, 3.05) is 20.3 Å². The van der Waals surface area contributed by atoms with Gasteiger partial charge in [-0.15, -0.1) is 0 Å². The summed E-state index contributed by atoms with van der Waals surface area (Å²) >= 11 is 0. The molecule has 1 fully saturated rings. The van der Waals surface area contributed by atoms with E-state index in [1.54, 1.807) is 6.20 Å². The second kappa shape index (κ2) is 4.05. The Hall–Kier alpha value is -0.960. The van der Waals surface area contributed by atoms with Crippen LogP contribution in [-0.4, -0.2) is 30.2 Å². The van der Waals surface area contributed by atoms with Crippen LogP contribution < -0.4 is 0 Å². The molecule has 0 unspecified atom stereocenters. The summed E-state index contributed by atoms with van der Waals surface area (Å²) < 4.78 is 12.8. The van der Waals surface area contributed by atoms with Crippen molar-refractivity contribution in [2.45, 2.75) is 12.5 Å². The third kappa shape index (κ3) is 1.64. The van der Waals surface area contributed by atoms with Crippen LogP contribution in [-0.2, 0) is 0 Å². The summed E-state index contributed by atoms with van der Waals surface area (Å²) in [5.41, 5.74) is 1.13. The van der Waals surface area contributed by atoms with Gasteiger partial charge in [-0.25, -0.2) is 0 Å². The number of likely N-dealkylation sites (tertiary alicyclic amines) is 1. The molecular weight excluding hydrogens is 179 g/mol. The number of nitrogens with zero attached hydrogens (tertiary/aromatic N) is 2. The van der Waals surface area contributed by atoms with E-state index in [9.17, 15) is 4.39 Å². The first-order valence-corrected chi connectivity index (χ1v) is 4.99. The molecule has 14 heavy (non-hydrogen) atoms. The van der Waals surface area contributed by atoms with Crippen molar-refractivity contribution in [3.8, 4) is 0 Å². The lowest BCUT2D eigenvalue weighted by atomic mass is 9.96. The molecule has 1 aromatic rings. The topological polar surface area (TPSA) is 16.1 Å². The maximum Gasteiger partial charge on any atom is 0.0941 e. The van der Waals surface area contributed by atoms with Crippen molar-refractivity contribution in [3.63, 3.8) is 0 Å². The third-order valence-electron chi connectivity index (χ3n) is 3.00. The monoisotopic (exact) mass is 194 g/mol. The molecule has 0 saturated carbocycles. The lowest BCUT2D eigenvalue weighted by Crippen LogP contribution is -2.22. The molecule has 0 aliphatic carbocycles. The first kappa shape index (κ1) is 9.59. The van der Waals surface area contributed by atoms with E-state index < -0.39 is 0 Å². The molecule has 3 heteroatoms. The number of halogens is 1. The summed E-state index contributed by atoms with van der Waals surface area (Å²) in [7, 11) is 2.05. The molecule has 2 rings (SSSR count). The minimum absolute atomic E-state index is 0.143. The van der Waals surface area contributed by atoms with E-state index in [1.807, 2.05) is 25.4 Å². The Morgan fingerprint density at radius 2 is 2.50 bits per heavy atom. The fraction of sp³-hybridized carbons (Fsp3) is 0.545. The van der Waals surface area contributed by atoms with Crippen molar-refractivity contribution < 1.29 is 4.39 Å². The summed E-state index contributed by atoms with van der Waals surface area (Å²) in [6, 6.07) is 4.16. The molecule has 0 N–H and O–H groups in total. The van der Waals surface area contributed by atoms with Gasteiger partial charge in [0.05, 0.1) is 6.67 Å². The molecule has 76 valence electrons. The Bertz CT molecular complexity index is 289. The standard InChI is InChI=1S/C11H15FN2/c1-14-6-4-9(7-12)11(14)10-3-2-5-13-8-10/h2-3,5,8-9,11H,4,6-7H2,1H3/t9-,11+/m0/s1. The third-order valence-corrected chi connectivity index (χ3v) is 3.00. The molecular formula is C11H15FN2. The highest BCUT2D eigenvalue weighted by atomic mass is 19.1. The Balaban J connectivity index is 2.23. The van der Waals surface area contributed by atoms with Crippen LogP contribution in [0.15, 0.2) is 24.5 Å². The van der Waals surface area contributed by atoms with Gasteiger partial charge in [-0.05, 0) is 31.6 Å². The summed E-state index contributed by atoms with van der Waals surface area (Å²) in [6.45, 7) is 0.748. The molecule has 2 heterocycles. The Kier molecular flexibility index (Phi) is 2.77. The van der Waals surface area contributed by atoms with Gasteiger partial charge in [-0.3, -0.25) is 14.3 Å². The zero-order valence-electron chi connectivity index (χ0n) is 8.36. The van der Waals surface area contributed by atoms with Gasteiger partial charge in [-0.1, -0.05) is 6.07 Å². The van der Waals surface area contributed by atoms with E-state index in [4.69, 9.17) is 0 Å². The van der Waals surface area contributed by atoms with Crippen LogP contribution in [0.1, 0.15) is 18.0 Å². The first-order valence-electron chi connectivity index (χ1n) is 4.99. The highest BCUT2D eigenvalue weighted by Crippen LogP contribution is 2.35. The zero-order chi connectivity index (χ0) is 9.97. The second-order valence-electron chi connectivity index (χ2n) is 3.91. The Morgan fingerprint density at radius 3 is 3.14 bits per heavy atom. The van der Waals surface area contributed by atoms with Gasteiger partial charge in [0.1, 0.15) is 0 Å². The van der Waals surface area contributed by atoms with Gasteiger partial charge in [0.25, 0.3) is 0 Å². The van der Waals surface area contributed by atoms with Crippen LogP contribution in [0.4, 0.5) is 4.39 Å². The molecule has 0 bridgehead atoms. The number of hydrogen-bond acceptors (Lipinski definition) is 2. The summed E-state index contributed by atoms with van der Waals surface area (Å²) in [5, 5.41) is 0. The molecule has 0 amide bonds. The fourth-order valence-corrected chi connectivity index (χ4v) is 2.27. The van der Waals surface area contributed by atoms with E-state index in [0.29, 0.717) is 0 Å². The zero-order valence-corrected chi connectivity index (χ0v) is 8.36. The van der Waals surface area contributed by atoms with Crippen molar-refractivity contribution in [3.05, 3.63) is 30.1 Å². The van der Waals surface area contributed by atoms with Gasteiger partial charge < -0.3 is 0 Å². The normalized spacial score (nSPS) is 28.1. The van der Waals surface area contributed by atoms with E-state index in [2.05, 4.69) is 9.88 Å². The van der Waals surface area contributed by atoms with Crippen LogP contribution in [0.2, 0.25) is 0 Å². The van der Waals surface area contributed by atoms with E-state index in [0.717, 1.165) is 18.5 Å². The molecule has 0 aromatic carbocycles.